The quantitative estimate of drug-likeness (QED) is 0.682. The van der Waals surface area contributed by atoms with Crippen LogP contribution in [0, 0.1) is 5.92 Å². The third kappa shape index (κ3) is 3.47. The van der Waals surface area contributed by atoms with Crippen molar-refractivity contribution >= 4 is 5.91 Å². The zero-order valence-corrected chi connectivity index (χ0v) is 9.66. The van der Waals surface area contributed by atoms with Crippen molar-refractivity contribution < 1.29 is 9.53 Å². The van der Waals surface area contributed by atoms with Gasteiger partial charge in [-0.1, -0.05) is 13.3 Å². The number of nitrogens with one attached hydrogen (secondary N) is 1. The van der Waals surface area contributed by atoms with Gasteiger partial charge in [0.2, 0.25) is 5.91 Å². The van der Waals surface area contributed by atoms with Gasteiger partial charge in [-0.2, -0.15) is 0 Å². The summed E-state index contributed by atoms with van der Waals surface area (Å²) in [6.07, 6.45) is 4.08. The lowest BCUT2D eigenvalue weighted by atomic mass is 9.88. The van der Waals surface area contributed by atoms with E-state index >= 15 is 0 Å². The van der Waals surface area contributed by atoms with E-state index in [1.807, 2.05) is 0 Å². The number of hydrogen-bond acceptors (Lipinski definition) is 3. The molecule has 1 amide bonds. The number of nitrogens with two attached hydrogens (primary N) is 1. The molecule has 0 heterocycles. The first-order chi connectivity index (χ1) is 7.21. The Morgan fingerprint density at radius 1 is 1.60 bits per heavy atom. The van der Waals surface area contributed by atoms with Gasteiger partial charge in [-0.15, -0.1) is 0 Å². The van der Waals surface area contributed by atoms with Crippen LogP contribution in [0.1, 0.15) is 32.6 Å². The maximum Gasteiger partial charge on any atom is 0.224 e. The highest BCUT2D eigenvalue weighted by Gasteiger charge is 2.31. The van der Waals surface area contributed by atoms with Crippen LogP contribution in [0.2, 0.25) is 0 Å². The minimum Gasteiger partial charge on any atom is -0.381 e. The van der Waals surface area contributed by atoms with Crippen molar-refractivity contribution in [3.8, 4) is 0 Å². The molecule has 1 unspecified atom stereocenters. The van der Waals surface area contributed by atoms with E-state index in [-0.39, 0.29) is 11.8 Å². The standard InChI is InChI=1S/C11H22N2O2/c1-3-4-8(7-12)11(14)13-9-5-10(6-9)15-2/h8-10H,3-7,12H2,1-2H3,(H,13,14). The number of carbonyl (C=O) groups is 1. The lowest BCUT2D eigenvalue weighted by Gasteiger charge is -2.35. The summed E-state index contributed by atoms with van der Waals surface area (Å²) >= 11 is 0. The molecule has 0 aromatic carbocycles. The molecule has 0 radical (unpaired) electrons. The van der Waals surface area contributed by atoms with Crippen LogP contribution in [-0.2, 0) is 9.53 Å². The van der Waals surface area contributed by atoms with Crippen LogP contribution in [0.3, 0.4) is 0 Å². The SMILES string of the molecule is CCCC(CN)C(=O)NC1CC(OC)C1. The molecule has 1 aliphatic rings. The van der Waals surface area contributed by atoms with Crippen LogP contribution in [-0.4, -0.2) is 31.7 Å². The van der Waals surface area contributed by atoms with E-state index in [1.54, 1.807) is 7.11 Å². The number of methoxy groups -OCH3 is 1. The molecular formula is C11H22N2O2. The molecule has 4 heteroatoms. The summed E-state index contributed by atoms with van der Waals surface area (Å²) in [6.45, 7) is 2.51. The molecule has 0 aromatic rings. The van der Waals surface area contributed by atoms with Gasteiger partial charge in [0.15, 0.2) is 0 Å². The van der Waals surface area contributed by atoms with Crippen molar-refractivity contribution in [1.29, 1.82) is 0 Å². The van der Waals surface area contributed by atoms with Crippen molar-refractivity contribution in [3.05, 3.63) is 0 Å². The van der Waals surface area contributed by atoms with Gasteiger partial charge in [0.25, 0.3) is 0 Å². The fourth-order valence-corrected chi connectivity index (χ4v) is 1.90. The minimum absolute atomic E-state index is 0.0170. The fraction of sp³-hybridized carbons (Fsp3) is 0.909. The van der Waals surface area contributed by atoms with E-state index in [2.05, 4.69) is 12.2 Å². The van der Waals surface area contributed by atoms with Crippen molar-refractivity contribution in [3.63, 3.8) is 0 Å². The average Bonchev–Trinajstić information content (AvgIpc) is 2.18. The van der Waals surface area contributed by atoms with Gasteiger partial charge in [-0.3, -0.25) is 4.79 Å². The zero-order valence-electron chi connectivity index (χ0n) is 9.66. The molecule has 0 saturated heterocycles. The maximum absolute atomic E-state index is 11.7. The Hall–Kier alpha value is -0.610. The summed E-state index contributed by atoms with van der Waals surface area (Å²) in [6, 6.07) is 0.299. The summed E-state index contributed by atoms with van der Waals surface area (Å²) in [7, 11) is 1.71. The largest absolute Gasteiger partial charge is 0.381 e. The maximum atomic E-state index is 11.7. The Balaban J connectivity index is 2.23. The van der Waals surface area contributed by atoms with Crippen molar-refractivity contribution in [1.82, 2.24) is 5.32 Å². The van der Waals surface area contributed by atoms with Gasteiger partial charge in [-0.25, -0.2) is 0 Å². The highest BCUT2D eigenvalue weighted by molar-refractivity contribution is 5.79. The normalized spacial score (nSPS) is 26.9. The average molecular weight is 214 g/mol. The molecule has 4 nitrogen and oxygen atoms in total. The van der Waals surface area contributed by atoms with Crippen LogP contribution in [0.4, 0.5) is 0 Å². The summed E-state index contributed by atoms with van der Waals surface area (Å²) in [5.41, 5.74) is 5.56. The predicted octanol–water partition coefficient (Wildman–Crippen LogP) is 0.655. The molecule has 0 spiro atoms. The third-order valence-corrected chi connectivity index (χ3v) is 3.07. The summed E-state index contributed by atoms with van der Waals surface area (Å²) in [5, 5.41) is 3.02. The van der Waals surface area contributed by atoms with Gasteiger partial charge >= 0.3 is 0 Å². The Bertz CT molecular complexity index is 203. The molecular weight excluding hydrogens is 192 g/mol. The van der Waals surface area contributed by atoms with Crippen LogP contribution < -0.4 is 11.1 Å². The number of hydrogen-bond donors (Lipinski definition) is 2. The van der Waals surface area contributed by atoms with Crippen LogP contribution in [0.5, 0.6) is 0 Å². The van der Waals surface area contributed by atoms with Crippen molar-refractivity contribution in [2.24, 2.45) is 11.7 Å². The van der Waals surface area contributed by atoms with Gasteiger partial charge in [0.1, 0.15) is 0 Å². The van der Waals surface area contributed by atoms with E-state index in [0.717, 1.165) is 25.7 Å². The van der Waals surface area contributed by atoms with E-state index in [4.69, 9.17) is 10.5 Å². The topological polar surface area (TPSA) is 64.4 Å². The molecule has 1 aliphatic carbocycles. The van der Waals surface area contributed by atoms with E-state index in [0.29, 0.717) is 18.7 Å². The molecule has 0 aliphatic heterocycles. The Morgan fingerprint density at radius 2 is 2.27 bits per heavy atom. The number of rotatable bonds is 6. The molecule has 1 saturated carbocycles. The molecule has 1 atom stereocenters. The highest BCUT2D eigenvalue weighted by Crippen LogP contribution is 2.23. The minimum atomic E-state index is -0.0170. The first-order valence-corrected chi connectivity index (χ1v) is 5.74. The van der Waals surface area contributed by atoms with Crippen molar-refractivity contribution in [2.75, 3.05) is 13.7 Å². The predicted molar refractivity (Wildman–Crippen MR) is 59.4 cm³/mol. The molecule has 0 aromatic heterocycles. The third-order valence-electron chi connectivity index (χ3n) is 3.07. The molecule has 0 bridgehead atoms. The van der Waals surface area contributed by atoms with Crippen LogP contribution in [0.15, 0.2) is 0 Å². The second kappa shape index (κ2) is 6.08. The zero-order chi connectivity index (χ0) is 11.3. The molecule has 3 N–H and O–H groups in total. The van der Waals surface area contributed by atoms with Gasteiger partial charge in [0, 0.05) is 19.7 Å². The lowest BCUT2D eigenvalue weighted by Crippen LogP contribution is -2.50. The van der Waals surface area contributed by atoms with E-state index < -0.39 is 0 Å². The lowest BCUT2D eigenvalue weighted by molar-refractivity contribution is -0.127. The Labute approximate surface area is 91.5 Å². The van der Waals surface area contributed by atoms with Crippen LogP contribution >= 0.6 is 0 Å². The Kier molecular flexibility index (Phi) is 5.05. The summed E-state index contributed by atoms with van der Waals surface area (Å²) in [5.74, 6) is 0.0931. The monoisotopic (exact) mass is 214 g/mol. The van der Waals surface area contributed by atoms with E-state index in [1.165, 1.54) is 0 Å². The number of amides is 1. The number of ether oxygens (including phenoxy) is 1. The van der Waals surface area contributed by atoms with Gasteiger partial charge in [0.05, 0.1) is 12.0 Å². The second-order valence-electron chi connectivity index (χ2n) is 4.26. The highest BCUT2D eigenvalue weighted by atomic mass is 16.5. The molecule has 1 rings (SSSR count). The van der Waals surface area contributed by atoms with Crippen molar-refractivity contribution in [2.45, 2.75) is 44.8 Å². The van der Waals surface area contributed by atoms with Crippen LogP contribution in [0.25, 0.3) is 0 Å². The van der Waals surface area contributed by atoms with Gasteiger partial charge in [-0.05, 0) is 19.3 Å². The Morgan fingerprint density at radius 3 is 2.73 bits per heavy atom. The molecule has 1 fully saturated rings. The molecule has 15 heavy (non-hydrogen) atoms. The van der Waals surface area contributed by atoms with E-state index in [9.17, 15) is 4.79 Å². The molecule has 88 valence electrons. The smallest absolute Gasteiger partial charge is 0.224 e. The summed E-state index contributed by atoms with van der Waals surface area (Å²) < 4.78 is 5.16. The number of carbonyl (C=O) groups excluding carboxylic acids is 1. The first-order valence-electron chi connectivity index (χ1n) is 5.74. The second-order valence-corrected chi connectivity index (χ2v) is 4.26. The first kappa shape index (κ1) is 12.5. The fourth-order valence-electron chi connectivity index (χ4n) is 1.90. The van der Waals surface area contributed by atoms with Gasteiger partial charge < -0.3 is 15.8 Å². The summed E-state index contributed by atoms with van der Waals surface area (Å²) in [4.78, 5) is 11.7.